The highest BCUT2D eigenvalue weighted by atomic mass is 35.5. The molecule has 0 unspecified atom stereocenters. The van der Waals surface area contributed by atoms with Crippen LogP contribution in [0.1, 0.15) is 10.4 Å². The Kier molecular flexibility index (Phi) is 7.57. The Hall–Kier alpha value is -3.56. The predicted molar refractivity (Wildman–Crippen MR) is 125 cm³/mol. The molecule has 3 aromatic rings. The Morgan fingerprint density at radius 2 is 1.73 bits per heavy atom. The number of ether oxygens (including phenoxy) is 2. The highest BCUT2D eigenvalue weighted by Gasteiger charge is 2.23. The second-order valence-electron chi connectivity index (χ2n) is 6.80. The number of esters is 1. The second kappa shape index (κ2) is 10.4. The number of nitrogens with one attached hydrogen (secondary N) is 1. The van der Waals surface area contributed by atoms with Gasteiger partial charge < -0.3 is 14.8 Å². The Morgan fingerprint density at radius 1 is 1.00 bits per heavy atom. The number of hydrogen-bond donors (Lipinski definition) is 1. The van der Waals surface area contributed by atoms with Crippen LogP contribution in [-0.2, 0) is 19.6 Å². The van der Waals surface area contributed by atoms with Crippen molar-refractivity contribution in [1.82, 2.24) is 0 Å². The molecule has 0 radical (unpaired) electrons. The van der Waals surface area contributed by atoms with Crippen molar-refractivity contribution in [3.8, 4) is 5.75 Å². The summed E-state index contributed by atoms with van der Waals surface area (Å²) < 4.78 is 37.3. The van der Waals surface area contributed by atoms with Gasteiger partial charge in [-0.3, -0.25) is 9.10 Å². The summed E-state index contributed by atoms with van der Waals surface area (Å²) >= 11 is 5.96. The third-order valence-corrected chi connectivity index (χ3v) is 6.63. The van der Waals surface area contributed by atoms with E-state index < -0.39 is 28.5 Å². The summed E-state index contributed by atoms with van der Waals surface area (Å²) in [5.41, 5.74) is 0.780. The molecule has 0 fully saturated rings. The Balaban J connectivity index is 1.69. The number of nitrogens with zero attached hydrogens (tertiary/aromatic N) is 1. The number of carbonyl (C=O) groups excluding carboxylic acids is 2. The number of halogens is 1. The highest BCUT2D eigenvalue weighted by molar-refractivity contribution is 7.92. The number of methoxy groups -OCH3 is 1. The number of carbonyl (C=O) groups is 2. The average molecular weight is 489 g/mol. The van der Waals surface area contributed by atoms with E-state index >= 15 is 0 Å². The van der Waals surface area contributed by atoms with Crippen LogP contribution in [0.3, 0.4) is 0 Å². The number of amides is 1. The third-order valence-electron chi connectivity index (χ3n) is 4.62. The van der Waals surface area contributed by atoms with E-state index in [4.69, 9.17) is 21.1 Å². The molecular formula is C23H21ClN2O6S. The minimum absolute atomic E-state index is 0.0133. The Morgan fingerprint density at radius 3 is 2.45 bits per heavy atom. The summed E-state index contributed by atoms with van der Waals surface area (Å²) in [6.45, 7) is -0.559. The maximum absolute atomic E-state index is 13.0. The van der Waals surface area contributed by atoms with Gasteiger partial charge >= 0.3 is 5.97 Å². The normalized spacial score (nSPS) is 10.9. The van der Waals surface area contributed by atoms with Crippen LogP contribution in [0, 0.1) is 0 Å². The number of sulfonamides is 1. The zero-order valence-electron chi connectivity index (χ0n) is 17.8. The minimum Gasteiger partial charge on any atom is -0.495 e. The molecule has 0 aromatic heterocycles. The van der Waals surface area contributed by atoms with Gasteiger partial charge in [-0.15, -0.1) is 0 Å². The maximum atomic E-state index is 13.0. The predicted octanol–water partition coefficient (Wildman–Crippen LogP) is 3.97. The lowest BCUT2D eigenvalue weighted by molar-refractivity contribution is -0.119. The maximum Gasteiger partial charge on any atom is 0.338 e. The molecule has 172 valence electrons. The van der Waals surface area contributed by atoms with E-state index in [1.54, 1.807) is 42.5 Å². The van der Waals surface area contributed by atoms with E-state index in [-0.39, 0.29) is 10.5 Å². The highest BCUT2D eigenvalue weighted by Crippen LogP contribution is 2.25. The summed E-state index contributed by atoms with van der Waals surface area (Å²) in [4.78, 5) is 24.5. The smallest absolute Gasteiger partial charge is 0.338 e. The molecule has 0 spiro atoms. The van der Waals surface area contributed by atoms with Gasteiger partial charge in [0.25, 0.3) is 15.9 Å². The number of benzene rings is 3. The molecule has 1 N–H and O–H groups in total. The van der Waals surface area contributed by atoms with Gasteiger partial charge in [0.05, 0.1) is 28.9 Å². The van der Waals surface area contributed by atoms with Gasteiger partial charge in [0.15, 0.2) is 6.61 Å². The fourth-order valence-corrected chi connectivity index (χ4v) is 4.32. The van der Waals surface area contributed by atoms with Crippen LogP contribution in [0.25, 0.3) is 0 Å². The monoisotopic (exact) mass is 488 g/mol. The summed E-state index contributed by atoms with van der Waals surface area (Å²) in [6, 6.07) is 18.5. The van der Waals surface area contributed by atoms with E-state index in [0.29, 0.717) is 22.1 Å². The van der Waals surface area contributed by atoms with Gasteiger partial charge in [-0.2, -0.15) is 0 Å². The summed E-state index contributed by atoms with van der Waals surface area (Å²) in [7, 11) is -1.12. The molecule has 0 bridgehead atoms. The van der Waals surface area contributed by atoms with Crippen LogP contribution in [0.2, 0.25) is 5.02 Å². The molecule has 0 saturated carbocycles. The molecule has 3 aromatic carbocycles. The molecule has 0 saturated heterocycles. The molecule has 33 heavy (non-hydrogen) atoms. The molecule has 0 aliphatic heterocycles. The third kappa shape index (κ3) is 5.82. The average Bonchev–Trinajstić information content (AvgIpc) is 2.82. The molecular weight excluding hydrogens is 468 g/mol. The van der Waals surface area contributed by atoms with Crippen LogP contribution < -0.4 is 14.4 Å². The van der Waals surface area contributed by atoms with E-state index in [2.05, 4.69) is 5.32 Å². The molecule has 0 heterocycles. The van der Waals surface area contributed by atoms with Crippen LogP contribution >= 0.6 is 11.6 Å². The minimum atomic E-state index is -3.97. The standard InChI is InChI=1S/C23H21ClN2O6S/c1-26(18-9-6-8-17(24)14-18)33(29,30)19-10-5-7-16(13-19)23(28)32-15-22(27)25-20-11-3-4-12-21(20)31-2/h3-14H,15H2,1-2H3,(H,25,27). The van der Waals surface area contributed by atoms with Crippen LogP contribution in [0.4, 0.5) is 11.4 Å². The topological polar surface area (TPSA) is 102 Å². The lowest BCUT2D eigenvalue weighted by Crippen LogP contribution is -2.27. The fraction of sp³-hybridized carbons (Fsp3) is 0.130. The number of rotatable bonds is 8. The molecule has 10 heteroatoms. The van der Waals surface area contributed by atoms with E-state index in [1.807, 2.05) is 0 Å². The van der Waals surface area contributed by atoms with Gasteiger partial charge in [0, 0.05) is 12.1 Å². The van der Waals surface area contributed by atoms with E-state index in [9.17, 15) is 18.0 Å². The first-order chi connectivity index (χ1) is 15.7. The zero-order valence-corrected chi connectivity index (χ0v) is 19.4. The molecule has 0 atom stereocenters. The number of anilines is 2. The van der Waals surface area contributed by atoms with Crippen LogP contribution in [0.5, 0.6) is 5.75 Å². The Labute approximate surface area is 196 Å². The lowest BCUT2D eigenvalue weighted by atomic mass is 10.2. The first kappa shape index (κ1) is 24.1. The molecule has 0 aliphatic carbocycles. The first-order valence-corrected chi connectivity index (χ1v) is 11.5. The summed E-state index contributed by atoms with van der Waals surface area (Å²) in [5, 5.41) is 2.97. The second-order valence-corrected chi connectivity index (χ2v) is 9.21. The van der Waals surface area contributed by atoms with Gasteiger partial charge in [-0.05, 0) is 48.5 Å². The largest absolute Gasteiger partial charge is 0.495 e. The molecule has 0 aliphatic rings. The number of para-hydroxylation sites is 2. The van der Waals surface area contributed by atoms with Crippen molar-refractivity contribution < 1.29 is 27.5 Å². The molecule has 3 rings (SSSR count). The van der Waals surface area contributed by atoms with Gasteiger partial charge in [0.1, 0.15) is 5.75 Å². The van der Waals surface area contributed by atoms with Crippen molar-refractivity contribution in [3.05, 3.63) is 83.4 Å². The van der Waals surface area contributed by atoms with Gasteiger partial charge in [-0.1, -0.05) is 35.9 Å². The van der Waals surface area contributed by atoms with Crippen molar-refractivity contribution in [2.45, 2.75) is 4.90 Å². The Bertz CT molecular complexity index is 1280. The number of hydrogen-bond acceptors (Lipinski definition) is 6. The van der Waals surface area contributed by atoms with Crippen LogP contribution in [-0.4, -0.2) is 41.1 Å². The SMILES string of the molecule is COc1ccccc1NC(=O)COC(=O)c1cccc(S(=O)(=O)N(C)c2cccc(Cl)c2)c1. The lowest BCUT2D eigenvalue weighted by Gasteiger charge is -2.20. The van der Waals surface area contributed by atoms with E-state index in [0.717, 1.165) is 4.31 Å². The van der Waals surface area contributed by atoms with Crippen molar-refractivity contribution in [3.63, 3.8) is 0 Å². The van der Waals surface area contributed by atoms with Crippen molar-refractivity contribution in [2.24, 2.45) is 0 Å². The molecule has 1 amide bonds. The van der Waals surface area contributed by atoms with Crippen molar-refractivity contribution in [1.29, 1.82) is 0 Å². The van der Waals surface area contributed by atoms with Gasteiger partial charge in [0.2, 0.25) is 0 Å². The summed E-state index contributed by atoms with van der Waals surface area (Å²) in [5.74, 6) is -0.955. The first-order valence-electron chi connectivity index (χ1n) is 9.67. The van der Waals surface area contributed by atoms with Crippen LogP contribution in [0.15, 0.2) is 77.7 Å². The van der Waals surface area contributed by atoms with Crippen molar-refractivity contribution >= 4 is 44.9 Å². The fourth-order valence-electron chi connectivity index (χ4n) is 2.90. The van der Waals surface area contributed by atoms with Crippen molar-refractivity contribution in [2.75, 3.05) is 30.4 Å². The van der Waals surface area contributed by atoms with Gasteiger partial charge in [-0.25, -0.2) is 13.2 Å². The molecule has 8 nitrogen and oxygen atoms in total. The zero-order chi connectivity index (χ0) is 24.0. The van der Waals surface area contributed by atoms with E-state index in [1.165, 1.54) is 44.5 Å². The summed E-state index contributed by atoms with van der Waals surface area (Å²) in [6.07, 6.45) is 0. The quantitative estimate of drug-likeness (QED) is 0.481.